The van der Waals surface area contributed by atoms with Crippen LogP contribution in [-0.2, 0) is 11.3 Å². The number of nitrogens with zero attached hydrogens (tertiary/aromatic N) is 3. The van der Waals surface area contributed by atoms with Gasteiger partial charge >= 0.3 is 5.69 Å². The minimum absolute atomic E-state index is 0.217. The summed E-state index contributed by atoms with van der Waals surface area (Å²) in [6.45, 7) is 0.572. The van der Waals surface area contributed by atoms with Crippen LogP contribution in [0.25, 0.3) is 11.0 Å². The van der Waals surface area contributed by atoms with Gasteiger partial charge in [0.1, 0.15) is 17.5 Å². The fourth-order valence-electron chi connectivity index (χ4n) is 2.73. The lowest BCUT2D eigenvalue weighted by molar-refractivity contribution is -0.214. The Morgan fingerprint density at radius 2 is 2.00 bits per heavy atom. The van der Waals surface area contributed by atoms with Crippen LogP contribution in [0.1, 0.15) is 19.0 Å². The van der Waals surface area contributed by atoms with Crippen molar-refractivity contribution < 1.29 is 29.3 Å². The third kappa shape index (κ3) is 4.22. The van der Waals surface area contributed by atoms with Crippen molar-refractivity contribution in [1.82, 2.24) is 14.3 Å². The van der Waals surface area contributed by atoms with Crippen LogP contribution in [0.5, 0.6) is 5.75 Å². The van der Waals surface area contributed by atoms with Crippen LogP contribution in [0, 0.1) is 0 Å². The average molecular weight is 407 g/mol. The van der Waals surface area contributed by atoms with Crippen molar-refractivity contribution in [3.63, 3.8) is 0 Å². The molecule has 0 saturated heterocycles. The molecule has 0 unspecified atom stereocenters. The van der Waals surface area contributed by atoms with Crippen LogP contribution in [0.3, 0.4) is 0 Å². The first-order valence-corrected chi connectivity index (χ1v) is 8.72. The molecule has 0 amide bonds. The van der Waals surface area contributed by atoms with Crippen LogP contribution >= 0.6 is 0 Å². The highest BCUT2D eigenvalue weighted by Gasteiger charge is 2.22. The Morgan fingerprint density at radius 3 is 2.66 bits per heavy atom. The van der Waals surface area contributed by atoms with Gasteiger partial charge in [0.2, 0.25) is 6.41 Å². The molecule has 0 radical (unpaired) electrons. The standard InChI is InChI=1S/C18H21N3O8/c1-10(23)15(9-22)28-18(26)20-6-5-16(24)21(17(20)25)8-13-12-7-11(27-2)3-4-14(12)29-19-13/h3-7,10,15,18,22-23,26H,8-9H2,1-2H3/t10-,15-,18+/m1/s1. The van der Waals surface area contributed by atoms with E-state index in [1.807, 2.05) is 0 Å². The maximum Gasteiger partial charge on any atom is 0.335 e. The number of aromatic nitrogens is 3. The summed E-state index contributed by atoms with van der Waals surface area (Å²) >= 11 is 0. The quantitative estimate of drug-likeness (QED) is 0.417. The van der Waals surface area contributed by atoms with Crippen molar-refractivity contribution >= 4 is 11.0 Å². The summed E-state index contributed by atoms with van der Waals surface area (Å²) in [6.07, 6.45) is -2.97. The van der Waals surface area contributed by atoms with Gasteiger partial charge in [-0.2, -0.15) is 0 Å². The van der Waals surface area contributed by atoms with Gasteiger partial charge in [0, 0.05) is 12.3 Å². The maximum absolute atomic E-state index is 12.7. The van der Waals surface area contributed by atoms with Crippen molar-refractivity contribution in [2.75, 3.05) is 13.7 Å². The Kier molecular flexibility index (Phi) is 6.13. The molecule has 3 N–H and O–H groups in total. The molecule has 0 fully saturated rings. The Balaban J connectivity index is 1.96. The van der Waals surface area contributed by atoms with E-state index in [2.05, 4.69) is 5.16 Å². The lowest BCUT2D eigenvalue weighted by Crippen LogP contribution is -2.43. The van der Waals surface area contributed by atoms with Crippen LogP contribution in [0.15, 0.2) is 44.6 Å². The molecule has 3 rings (SSSR count). The molecule has 11 heteroatoms. The first kappa shape index (κ1) is 20.7. The number of benzene rings is 1. The van der Waals surface area contributed by atoms with Crippen LogP contribution < -0.4 is 16.0 Å². The Morgan fingerprint density at radius 1 is 1.24 bits per heavy atom. The van der Waals surface area contributed by atoms with E-state index in [1.165, 1.54) is 14.0 Å². The van der Waals surface area contributed by atoms with Crippen molar-refractivity contribution in [3.05, 3.63) is 57.0 Å². The van der Waals surface area contributed by atoms with Gasteiger partial charge in [-0.25, -0.2) is 4.79 Å². The maximum atomic E-state index is 12.7. The highest BCUT2D eigenvalue weighted by molar-refractivity contribution is 5.81. The van der Waals surface area contributed by atoms with Crippen molar-refractivity contribution in [2.24, 2.45) is 0 Å². The van der Waals surface area contributed by atoms with Gasteiger partial charge in [0.15, 0.2) is 5.58 Å². The van der Waals surface area contributed by atoms with Crippen LogP contribution in [-0.4, -0.2) is 55.5 Å². The predicted molar refractivity (Wildman–Crippen MR) is 99.5 cm³/mol. The molecule has 0 aliphatic heterocycles. The fourth-order valence-corrected chi connectivity index (χ4v) is 2.73. The van der Waals surface area contributed by atoms with Gasteiger partial charge in [-0.3, -0.25) is 13.9 Å². The molecule has 1 aromatic carbocycles. The molecule has 2 heterocycles. The van der Waals surface area contributed by atoms with Crippen molar-refractivity contribution in [3.8, 4) is 5.75 Å². The summed E-state index contributed by atoms with van der Waals surface area (Å²) < 4.78 is 17.1. The number of aliphatic hydroxyl groups excluding tert-OH is 3. The van der Waals surface area contributed by atoms with E-state index in [-0.39, 0.29) is 6.54 Å². The molecule has 29 heavy (non-hydrogen) atoms. The molecule has 0 bridgehead atoms. The largest absolute Gasteiger partial charge is 0.497 e. The highest BCUT2D eigenvalue weighted by atomic mass is 16.6. The van der Waals surface area contributed by atoms with Crippen LogP contribution in [0.2, 0.25) is 0 Å². The zero-order chi connectivity index (χ0) is 21.1. The number of ether oxygens (including phenoxy) is 2. The van der Waals surface area contributed by atoms with E-state index in [0.29, 0.717) is 22.4 Å². The number of hydrogen-bond acceptors (Lipinski definition) is 9. The Hall–Kier alpha value is -2.99. The van der Waals surface area contributed by atoms with E-state index in [4.69, 9.17) is 14.0 Å². The summed E-state index contributed by atoms with van der Waals surface area (Å²) in [4.78, 5) is 25.0. The molecule has 0 aliphatic rings. The van der Waals surface area contributed by atoms with Gasteiger partial charge in [0.25, 0.3) is 5.56 Å². The van der Waals surface area contributed by atoms with Gasteiger partial charge in [-0.05, 0) is 25.1 Å². The second kappa shape index (κ2) is 8.57. The molecule has 0 saturated carbocycles. The van der Waals surface area contributed by atoms with Crippen molar-refractivity contribution in [1.29, 1.82) is 0 Å². The molecular formula is C18H21N3O8. The third-order valence-electron chi connectivity index (χ3n) is 4.41. The fraction of sp³-hybridized carbons (Fsp3) is 0.389. The molecule has 0 aliphatic carbocycles. The van der Waals surface area contributed by atoms with Gasteiger partial charge in [0.05, 0.1) is 31.8 Å². The number of aliphatic hydroxyl groups is 3. The summed E-state index contributed by atoms with van der Waals surface area (Å²) in [7, 11) is 1.50. The van der Waals surface area contributed by atoms with Crippen molar-refractivity contribution in [2.45, 2.75) is 32.1 Å². The smallest absolute Gasteiger partial charge is 0.335 e. The van der Waals surface area contributed by atoms with E-state index in [1.54, 1.807) is 18.2 Å². The second-order valence-corrected chi connectivity index (χ2v) is 6.35. The zero-order valence-corrected chi connectivity index (χ0v) is 15.8. The Bertz CT molecular complexity index is 1100. The predicted octanol–water partition coefficient (Wildman–Crippen LogP) is -0.585. The average Bonchev–Trinajstić information content (AvgIpc) is 3.10. The van der Waals surface area contributed by atoms with Gasteiger partial charge < -0.3 is 29.3 Å². The SMILES string of the molecule is COc1ccc2onc(Cn3c(=O)ccn([C@@H](O)O[C@H](CO)[C@@H](C)O)c3=O)c2c1. The van der Waals surface area contributed by atoms with Gasteiger partial charge in [-0.1, -0.05) is 5.16 Å². The summed E-state index contributed by atoms with van der Waals surface area (Å²) in [5.74, 6) is 0.553. The van der Waals surface area contributed by atoms with E-state index >= 15 is 0 Å². The molecule has 11 nitrogen and oxygen atoms in total. The van der Waals surface area contributed by atoms with E-state index < -0.39 is 36.5 Å². The zero-order valence-electron chi connectivity index (χ0n) is 15.8. The van der Waals surface area contributed by atoms with E-state index in [0.717, 1.165) is 21.4 Å². The Labute approximate surface area is 163 Å². The lowest BCUT2D eigenvalue weighted by atomic mass is 10.2. The highest BCUT2D eigenvalue weighted by Crippen LogP contribution is 2.24. The first-order valence-electron chi connectivity index (χ1n) is 8.72. The van der Waals surface area contributed by atoms with Gasteiger partial charge in [-0.15, -0.1) is 0 Å². The summed E-state index contributed by atoms with van der Waals surface area (Å²) in [6, 6.07) is 6.08. The minimum atomic E-state index is -1.82. The molecule has 0 spiro atoms. The van der Waals surface area contributed by atoms with E-state index in [9.17, 15) is 24.9 Å². The second-order valence-electron chi connectivity index (χ2n) is 6.35. The molecule has 2 aromatic heterocycles. The number of fused-ring (bicyclic) bond motifs is 1. The normalized spacial score (nSPS) is 14.7. The topological polar surface area (TPSA) is 149 Å². The lowest BCUT2D eigenvalue weighted by Gasteiger charge is -2.23. The summed E-state index contributed by atoms with van der Waals surface area (Å²) in [5.41, 5.74) is -0.710. The molecule has 156 valence electrons. The number of hydrogen-bond donors (Lipinski definition) is 3. The number of methoxy groups -OCH3 is 1. The molecule has 3 atom stereocenters. The number of rotatable bonds is 8. The third-order valence-corrected chi connectivity index (χ3v) is 4.41. The molecular weight excluding hydrogens is 386 g/mol. The first-order chi connectivity index (χ1) is 13.8. The summed E-state index contributed by atoms with van der Waals surface area (Å²) in [5, 5.41) is 33.4. The molecule has 3 aromatic rings. The minimum Gasteiger partial charge on any atom is -0.497 e. The monoisotopic (exact) mass is 407 g/mol. The van der Waals surface area contributed by atoms with Crippen LogP contribution in [0.4, 0.5) is 0 Å².